The van der Waals surface area contributed by atoms with Gasteiger partial charge < -0.3 is 14.5 Å². The summed E-state index contributed by atoms with van der Waals surface area (Å²) in [6, 6.07) is 10.4. The number of anilines is 1. The molecule has 0 radical (unpaired) electrons. The molecule has 1 aliphatic rings. The Morgan fingerprint density at radius 2 is 1.77 bits per heavy atom. The highest BCUT2D eigenvalue weighted by Gasteiger charge is 2.24. The minimum atomic E-state index is -3.49. The molecule has 0 bridgehead atoms. The molecule has 0 N–H and O–H groups in total. The minimum absolute atomic E-state index is 0.0718. The summed E-state index contributed by atoms with van der Waals surface area (Å²) >= 11 is 0. The SMILES string of the molecule is CC(=O)Oc1ccccc1C(=O)N1CCCN(c2ccc(S(C)(=O)=O)cc2F)CC1. The van der Waals surface area contributed by atoms with Crippen LogP contribution >= 0.6 is 0 Å². The largest absolute Gasteiger partial charge is 0.426 e. The van der Waals surface area contributed by atoms with Crippen molar-refractivity contribution in [2.75, 3.05) is 37.3 Å². The molecule has 0 aliphatic carbocycles. The summed E-state index contributed by atoms with van der Waals surface area (Å²) in [7, 11) is -3.49. The standard InChI is InChI=1S/C21H23FN2O5S/c1-15(25)29-20-7-4-3-6-17(20)21(26)24-11-5-10-23(12-13-24)19-9-8-16(14-18(19)22)30(2,27)28/h3-4,6-9,14H,5,10-13H2,1-2H3. The maximum Gasteiger partial charge on any atom is 0.308 e. The first-order valence-electron chi connectivity index (χ1n) is 9.48. The van der Waals surface area contributed by atoms with Crippen molar-refractivity contribution >= 4 is 27.4 Å². The van der Waals surface area contributed by atoms with Crippen LogP contribution in [0.3, 0.4) is 0 Å². The van der Waals surface area contributed by atoms with Crippen molar-refractivity contribution in [3.8, 4) is 5.75 Å². The highest BCUT2D eigenvalue weighted by Crippen LogP contribution is 2.25. The lowest BCUT2D eigenvalue weighted by Gasteiger charge is -2.24. The number of para-hydroxylation sites is 1. The molecule has 7 nitrogen and oxygen atoms in total. The Balaban J connectivity index is 1.76. The molecule has 3 rings (SSSR count). The van der Waals surface area contributed by atoms with Crippen LogP contribution in [-0.2, 0) is 14.6 Å². The number of carbonyl (C=O) groups is 2. The number of halogens is 1. The smallest absolute Gasteiger partial charge is 0.308 e. The Morgan fingerprint density at radius 1 is 1.03 bits per heavy atom. The molecule has 0 spiro atoms. The van der Waals surface area contributed by atoms with Gasteiger partial charge in [-0.15, -0.1) is 0 Å². The van der Waals surface area contributed by atoms with E-state index in [2.05, 4.69) is 0 Å². The highest BCUT2D eigenvalue weighted by molar-refractivity contribution is 7.90. The summed E-state index contributed by atoms with van der Waals surface area (Å²) in [4.78, 5) is 27.7. The van der Waals surface area contributed by atoms with Gasteiger partial charge in [0.1, 0.15) is 11.6 Å². The van der Waals surface area contributed by atoms with Gasteiger partial charge in [-0.25, -0.2) is 12.8 Å². The number of rotatable bonds is 4. The van der Waals surface area contributed by atoms with Crippen molar-refractivity contribution in [2.24, 2.45) is 0 Å². The van der Waals surface area contributed by atoms with Gasteiger partial charge in [-0.2, -0.15) is 0 Å². The molecular formula is C21H23FN2O5S. The minimum Gasteiger partial charge on any atom is -0.426 e. The quantitative estimate of drug-likeness (QED) is 0.543. The number of hydrogen-bond donors (Lipinski definition) is 0. The average Bonchev–Trinajstić information content (AvgIpc) is 2.93. The second-order valence-corrected chi connectivity index (χ2v) is 9.12. The molecule has 1 amide bonds. The molecule has 2 aromatic rings. The van der Waals surface area contributed by atoms with Crippen LogP contribution < -0.4 is 9.64 Å². The molecule has 1 heterocycles. The van der Waals surface area contributed by atoms with E-state index in [4.69, 9.17) is 4.74 Å². The number of nitrogens with zero attached hydrogens (tertiary/aromatic N) is 2. The normalized spacial score (nSPS) is 14.9. The summed E-state index contributed by atoms with van der Waals surface area (Å²) in [5.41, 5.74) is 0.599. The molecule has 30 heavy (non-hydrogen) atoms. The molecule has 9 heteroatoms. The van der Waals surface area contributed by atoms with Crippen molar-refractivity contribution < 1.29 is 27.1 Å². The third kappa shape index (κ3) is 4.96. The molecule has 0 saturated carbocycles. The Kier molecular flexibility index (Phi) is 6.40. The van der Waals surface area contributed by atoms with Gasteiger partial charge in [0, 0.05) is 39.4 Å². The van der Waals surface area contributed by atoms with Crippen LogP contribution in [0.1, 0.15) is 23.7 Å². The van der Waals surface area contributed by atoms with E-state index >= 15 is 0 Å². The fourth-order valence-corrected chi connectivity index (χ4v) is 4.03. The van der Waals surface area contributed by atoms with Crippen molar-refractivity contribution in [3.05, 3.63) is 53.8 Å². The van der Waals surface area contributed by atoms with E-state index in [1.54, 1.807) is 34.1 Å². The van der Waals surface area contributed by atoms with Gasteiger partial charge in [-0.05, 0) is 36.8 Å². The van der Waals surface area contributed by atoms with E-state index < -0.39 is 21.6 Å². The van der Waals surface area contributed by atoms with Gasteiger partial charge in [-0.3, -0.25) is 9.59 Å². The van der Waals surface area contributed by atoms with E-state index in [9.17, 15) is 22.4 Å². The van der Waals surface area contributed by atoms with Crippen LogP contribution in [0.15, 0.2) is 47.4 Å². The van der Waals surface area contributed by atoms with Crippen LogP contribution in [-0.4, -0.2) is 57.6 Å². The summed E-state index contributed by atoms with van der Waals surface area (Å²) < 4.78 is 42.9. The van der Waals surface area contributed by atoms with Gasteiger partial charge >= 0.3 is 5.97 Å². The molecule has 1 saturated heterocycles. The Morgan fingerprint density at radius 3 is 2.43 bits per heavy atom. The van der Waals surface area contributed by atoms with Crippen molar-refractivity contribution in [3.63, 3.8) is 0 Å². The summed E-state index contributed by atoms with van der Waals surface area (Å²) in [5, 5.41) is 0. The number of hydrogen-bond acceptors (Lipinski definition) is 6. The number of amides is 1. The fraction of sp³-hybridized carbons (Fsp3) is 0.333. The Labute approximate surface area is 175 Å². The number of ether oxygens (including phenoxy) is 1. The summed E-state index contributed by atoms with van der Waals surface area (Å²) in [6.45, 7) is 2.99. The number of carbonyl (C=O) groups excluding carboxylic acids is 2. The first-order chi connectivity index (χ1) is 14.2. The van der Waals surface area contributed by atoms with Crippen LogP contribution in [0.4, 0.5) is 10.1 Å². The zero-order valence-electron chi connectivity index (χ0n) is 16.8. The van der Waals surface area contributed by atoms with E-state index in [0.29, 0.717) is 43.9 Å². The van der Waals surface area contributed by atoms with Crippen LogP contribution in [0, 0.1) is 5.82 Å². The van der Waals surface area contributed by atoms with Gasteiger partial charge in [-0.1, -0.05) is 12.1 Å². The van der Waals surface area contributed by atoms with Gasteiger partial charge in [0.15, 0.2) is 9.84 Å². The Bertz CT molecular complexity index is 1070. The van der Waals surface area contributed by atoms with E-state index in [1.807, 2.05) is 0 Å². The molecule has 160 valence electrons. The fourth-order valence-electron chi connectivity index (χ4n) is 3.39. The first kappa shape index (κ1) is 21.8. The van der Waals surface area contributed by atoms with Gasteiger partial charge in [0.25, 0.3) is 5.91 Å². The monoisotopic (exact) mass is 434 g/mol. The lowest BCUT2D eigenvalue weighted by atomic mass is 10.1. The second-order valence-electron chi connectivity index (χ2n) is 7.11. The third-order valence-electron chi connectivity index (χ3n) is 4.84. The van der Waals surface area contributed by atoms with Crippen molar-refractivity contribution in [1.29, 1.82) is 0 Å². The van der Waals surface area contributed by atoms with Gasteiger partial charge in [0.05, 0.1) is 16.1 Å². The van der Waals surface area contributed by atoms with Gasteiger partial charge in [0.2, 0.25) is 0 Å². The zero-order valence-corrected chi connectivity index (χ0v) is 17.6. The third-order valence-corrected chi connectivity index (χ3v) is 5.95. The molecular weight excluding hydrogens is 411 g/mol. The van der Waals surface area contributed by atoms with Crippen LogP contribution in [0.5, 0.6) is 5.75 Å². The number of sulfone groups is 1. The van der Waals surface area contributed by atoms with Crippen molar-refractivity contribution in [1.82, 2.24) is 4.90 Å². The van der Waals surface area contributed by atoms with Crippen LogP contribution in [0.25, 0.3) is 0 Å². The predicted octanol–water partition coefficient (Wildman–Crippen LogP) is 2.51. The maximum atomic E-state index is 14.6. The van der Waals surface area contributed by atoms with E-state index in [-0.39, 0.29) is 16.6 Å². The maximum absolute atomic E-state index is 14.6. The highest BCUT2D eigenvalue weighted by atomic mass is 32.2. The molecule has 0 atom stereocenters. The molecule has 1 aliphatic heterocycles. The topological polar surface area (TPSA) is 84.0 Å². The zero-order chi connectivity index (χ0) is 21.9. The van der Waals surface area contributed by atoms with Crippen LogP contribution in [0.2, 0.25) is 0 Å². The van der Waals surface area contributed by atoms with E-state index in [0.717, 1.165) is 12.3 Å². The van der Waals surface area contributed by atoms with Crippen molar-refractivity contribution in [2.45, 2.75) is 18.2 Å². The summed E-state index contributed by atoms with van der Waals surface area (Å²) in [5.74, 6) is -1.18. The molecule has 1 fully saturated rings. The lowest BCUT2D eigenvalue weighted by molar-refractivity contribution is -0.131. The average molecular weight is 434 g/mol. The van der Waals surface area contributed by atoms with E-state index in [1.165, 1.54) is 19.1 Å². The summed E-state index contributed by atoms with van der Waals surface area (Å²) in [6.07, 6.45) is 1.64. The molecule has 0 unspecified atom stereocenters. The Hall–Kier alpha value is -2.94. The lowest BCUT2D eigenvalue weighted by Crippen LogP contribution is -2.35. The predicted molar refractivity (Wildman–Crippen MR) is 110 cm³/mol. The first-order valence-corrected chi connectivity index (χ1v) is 11.4. The number of esters is 1. The molecule has 2 aromatic carbocycles. The second kappa shape index (κ2) is 8.83. The number of benzene rings is 2. The molecule has 0 aromatic heterocycles.